The van der Waals surface area contributed by atoms with E-state index >= 15 is 0 Å². The van der Waals surface area contributed by atoms with Crippen LogP contribution in [0.5, 0.6) is 5.75 Å². The predicted molar refractivity (Wildman–Crippen MR) is 68.0 cm³/mol. The van der Waals surface area contributed by atoms with Crippen LogP contribution in [0.4, 0.5) is 0 Å². The van der Waals surface area contributed by atoms with Crippen LogP contribution in [-0.2, 0) is 12.1 Å². The monoisotopic (exact) mass is 230 g/mol. The Kier molecular flexibility index (Phi) is 3.18. The van der Waals surface area contributed by atoms with E-state index in [2.05, 4.69) is 25.9 Å². The number of hydrogen-bond donors (Lipinski definition) is 0. The summed E-state index contributed by atoms with van der Waals surface area (Å²) >= 11 is 0. The van der Waals surface area contributed by atoms with Crippen LogP contribution in [0.2, 0.25) is 0 Å². The molecule has 0 bridgehead atoms. The fourth-order valence-corrected chi connectivity index (χ4v) is 1.72. The number of benzene rings is 1. The third kappa shape index (κ3) is 2.87. The Morgan fingerprint density at radius 1 is 1.12 bits per heavy atom. The first kappa shape index (κ1) is 11.7. The van der Waals surface area contributed by atoms with Crippen molar-refractivity contribution in [3.8, 4) is 5.75 Å². The van der Waals surface area contributed by atoms with Crippen LogP contribution in [0.15, 0.2) is 42.6 Å². The summed E-state index contributed by atoms with van der Waals surface area (Å²) in [5.41, 5.74) is 1.07. The number of para-hydroxylation sites is 1. The fraction of sp³-hybridized carbons (Fsp3) is 0.357. The summed E-state index contributed by atoms with van der Waals surface area (Å²) in [5.74, 6) is 0.883. The first-order chi connectivity index (χ1) is 8.07. The van der Waals surface area contributed by atoms with E-state index in [1.165, 1.54) is 0 Å². The summed E-state index contributed by atoms with van der Waals surface area (Å²) in [7, 11) is 0. The van der Waals surface area contributed by atoms with Crippen molar-refractivity contribution in [2.45, 2.75) is 32.9 Å². The first-order valence-electron chi connectivity index (χ1n) is 5.78. The van der Waals surface area contributed by atoms with Crippen molar-refractivity contribution in [2.75, 3.05) is 0 Å². The van der Waals surface area contributed by atoms with E-state index in [0.717, 1.165) is 11.4 Å². The first-order valence-corrected chi connectivity index (χ1v) is 5.78. The molecule has 0 saturated heterocycles. The van der Waals surface area contributed by atoms with E-state index in [1.807, 2.05) is 47.3 Å². The molecule has 0 spiro atoms. The van der Waals surface area contributed by atoms with E-state index in [1.54, 1.807) is 0 Å². The minimum atomic E-state index is -0.0150. The highest BCUT2D eigenvalue weighted by atomic mass is 16.5. The topological polar surface area (TPSA) is 27.1 Å². The summed E-state index contributed by atoms with van der Waals surface area (Å²) in [6, 6.07) is 11.8. The van der Waals surface area contributed by atoms with Gasteiger partial charge in [-0.3, -0.25) is 4.68 Å². The van der Waals surface area contributed by atoms with Gasteiger partial charge in [-0.05, 0) is 39.0 Å². The lowest BCUT2D eigenvalue weighted by Crippen LogP contribution is -2.25. The average Bonchev–Trinajstić information content (AvgIpc) is 2.75. The molecule has 0 radical (unpaired) electrons. The summed E-state index contributed by atoms with van der Waals surface area (Å²) in [5, 5.41) is 4.34. The maximum atomic E-state index is 5.73. The van der Waals surface area contributed by atoms with Crippen molar-refractivity contribution in [3.05, 3.63) is 48.3 Å². The fourth-order valence-electron chi connectivity index (χ4n) is 1.72. The van der Waals surface area contributed by atoms with E-state index in [9.17, 15) is 0 Å². The quantitative estimate of drug-likeness (QED) is 0.809. The third-order valence-corrected chi connectivity index (χ3v) is 2.49. The molecule has 90 valence electrons. The van der Waals surface area contributed by atoms with Crippen molar-refractivity contribution in [1.29, 1.82) is 0 Å². The third-order valence-electron chi connectivity index (χ3n) is 2.49. The Bertz CT molecular complexity index is 468. The van der Waals surface area contributed by atoms with E-state index in [4.69, 9.17) is 4.74 Å². The number of ether oxygens (including phenoxy) is 1. The van der Waals surface area contributed by atoms with E-state index < -0.39 is 0 Å². The lowest BCUT2D eigenvalue weighted by atomic mass is 10.1. The smallest absolute Gasteiger partial charge is 0.130 e. The van der Waals surface area contributed by atoms with Crippen molar-refractivity contribution in [1.82, 2.24) is 9.78 Å². The van der Waals surface area contributed by atoms with Gasteiger partial charge in [0.25, 0.3) is 0 Å². The van der Waals surface area contributed by atoms with Crippen LogP contribution in [0.25, 0.3) is 0 Å². The Morgan fingerprint density at radius 3 is 2.47 bits per heavy atom. The molecule has 1 aromatic carbocycles. The molecule has 0 amide bonds. The van der Waals surface area contributed by atoms with Crippen LogP contribution < -0.4 is 4.74 Å². The Labute approximate surface area is 102 Å². The normalized spacial score (nSPS) is 11.5. The van der Waals surface area contributed by atoms with Crippen LogP contribution in [-0.4, -0.2) is 9.78 Å². The molecular formula is C14H18N2O. The van der Waals surface area contributed by atoms with Gasteiger partial charge < -0.3 is 4.74 Å². The minimum Gasteiger partial charge on any atom is -0.487 e. The number of hydrogen-bond acceptors (Lipinski definition) is 2. The standard InChI is InChI=1S/C14H18N2O/c1-14(2,3)16-12(9-10-15-16)11-17-13-7-5-4-6-8-13/h4-10H,11H2,1-3H3. The zero-order chi connectivity index (χ0) is 12.3. The summed E-state index contributed by atoms with van der Waals surface area (Å²) in [6.07, 6.45) is 1.81. The van der Waals surface area contributed by atoms with Gasteiger partial charge in [0.05, 0.1) is 11.2 Å². The number of nitrogens with zero attached hydrogens (tertiary/aromatic N) is 2. The molecule has 3 heteroatoms. The average molecular weight is 230 g/mol. The van der Waals surface area contributed by atoms with Crippen LogP contribution in [0.3, 0.4) is 0 Å². The van der Waals surface area contributed by atoms with Crippen LogP contribution >= 0.6 is 0 Å². The van der Waals surface area contributed by atoms with Gasteiger partial charge >= 0.3 is 0 Å². The van der Waals surface area contributed by atoms with Crippen molar-refractivity contribution in [3.63, 3.8) is 0 Å². The molecule has 0 atom stereocenters. The van der Waals surface area contributed by atoms with Gasteiger partial charge in [-0.1, -0.05) is 18.2 Å². The highest BCUT2D eigenvalue weighted by Crippen LogP contribution is 2.17. The van der Waals surface area contributed by atoms with Crippen molar-refractivity contribution >= 4 is 0 Å². The van der Waals surface area contributed by atoms with E-state index in [0.29, 0.717) is 6.61 Å². The predicted octanol–water partition coefficient (Wildman–Crippen LogP) is 3.22. The molecule has 1 aromatic heterocycles. The van der Waals surface area contributed by atoms with Gasteiger partial charge in [0.1, 0.15) is 12.4 Å². The van der Waals surface area contributed by atoms with Gasteiger partial charge in [0, 0.05) is 6.20 Å². The molecule has 0 N–H and O–H groups in total. The van der Waals surface area contributed by atoms with Crippen molar-refractivity contribution < 1.29 is 4.74 Å². The number of aromatic nitrogens is 2. The minimum absolute atomic E-state index is 0.0150. The highest BCUT2D eigenvalue weighted by Gasteiger charge is 2.17. The molecule has 0 aliphatic carbocycles. The molecule has 0 aliphatic heterocycles. The van der Waals surface area contributed by atoms with Gasteiger partial charge in [-0.2, -0.15) is 5.10 Å². The summed E-state index contributed by atoms with van der Waals surface area (Å²) in [6.45, 7) is 6.94. The maximum absolute atomic E-state index is 5.73. The molecule has 3 nitrogen and oxygen atoms in total. The van der Waals surface area contributed by atoms with Crippen LogP contribution in [0, 0.1) is 0 Å². The molecular weight excluding hydrogens is 212 g/mol. The maximum Gasteiger partial charge on any atom is 0.130 e. The Hall–Kier alpha value is -1.77. The van der Waals surface area contributed by atoms with E-state index in [-0.39, 0.29) is 5.54 Å². The molecule has 2 rings (SSSR count). The lowest BCUT2D eigenvalue weighted by Gasteiger charge is -2.22. The molecule has 0 aliphatic rings. The van der Waals surface area contributed by atoms with Gasteiger partial charge in [0.15, 0.2) is 0 Å². The number of rotatable bonds is 3. The second-order valence-corrected chi connectivity index (χ2v) is 5.01. The Balaban J connectivity index is 2.08. The molecule has 0 unspecified atom stereocenters. The molecule has 1 heterocycles. The second-order valence-electron chi connectivity index (χ2n) is 5.01. The lowest BCUT2D eigenvalue weighted by molar-refractivity contribution is 0.265. The summed E-state index contributed by atoms with van der Waals surface area (Å²) < 4.78 is 7.72. The molecule has 0 fully saturated rings. The second kappa shape index (κ2) is 4.62. The zero-order valence-corrected chi connectivity index (χ0v) is 10.6. The highest BCUT2D eigenvalue weighted by molar-refractivity contribution is 5.21. The van der Waals surface area contributed by atoms with Crippen LogP contribution in [0.1, 0.15) is 26.5 Å². The van der Waals surface area contributed by atoms with Crippen molar-refractivity contribution in [2.24, 2.45) is 0 Å². The van der Waals surface area contributed by atoms with Gasteiger partial charge in [0.2, 0.25) is 0 Å². The zero-order valence-electron chi connectivity index (χ0n) is 10.6. The Morgan fingerprint density at radius 2 is 1.82 bits per heavy atom. The SMILES string of the molecule is CC(C)(C)n1nccc1COc1ccccc1. The van der Waals surface area contributed by atoms with Gasteiger partial charge in [-0.25, -0.2) is 0 Å². The largest absolute Gasteiger partial charge is 0.487 e. The molecule has 0 saturated carbocycles. The molecule has 2 aromatic rings. The summed E-state index contributed by atoms with van der Waals surface area (Å²) in [4.78, 5) is 0. The van der Waals surface area contributed by atoms with Gasteiger partial charge in [-0.15, -0.1) is 0 Å². The molecule has 17 heavy (non-hydrogen) atoms.